The number of carbonyl (C=O) groups is 8. The average molecular weight is 1640 g/mol. The second-order valence-corrected chi connectivity index (χ2v) is 34.0. The van der Waals surface area contributed by atoms with E-state index in [1.165, 1.54) is 186 Å². The van der Waals surface area contributed by atoms with Crippen molar-refractivity contribution in [1.82, 2.24) is 10.6 Å². The summed E-state index contributed by atoms with van der Waals surface area (Å²) in [5, 5.41) is 61.6. The van der Waals surface area contributed by atoms with Gasteiger partial charge in [-0.3, -0.25) is 38.4 Å². The molecule has 2 amide bonds. The minimum absolute atomic E-state index is 0.0451. The quantitative estimate of drug-likeness (QED) is 0.0121. The van der Waals surface area contributed by atoms with E-state index in [2.05, 4.69) is 73.1 Å². The van der Waals surface area contributed by atoms with Gasteiger partial charge in [0.15, 0.2) is 6.10 Å². The fraction of sp³-hybridized carbons (Fsp3) is 0.833. The van der Waals surface area contributed by atoms with Gasteiger partial charge in [-0.25, -0.2) is 0 Å². The first-order valence-corrected chi connectivity index (χ1v) is 46.9. The fourth-order valence-corrected chi connectivity index (χ4v) is 13.4. The van der Waals surface area contributed by atoms with Crippen LogP contribution in [0.1, 0.15) is 433 Å². The summed E-state index contributed by atoms with van der Waals surface area (Å²) in [7, 11) is 0. The summed E-state index contributed by atoms with van der Waals surface area (Å²) < 4.78 is 22.0. The first kappa shape index (κ1) is 113. The van der Waals surface area contributed by atoms with Crippen LogP contribution in [0, 0.1) is 16.7 Å². The molecule has 0 aliphatic rings. The van der Waals surface area contributed by atoms with Gasteiger partial charge in [0, 0.05) is 49.6 Å². The van der Waals surface area contributed by atoms with Crippen molar-refractivity contribution in [2.45, 2.75) is 452 Å². The van der Waals surface area contributed by atoms with E-state index in [4.69, 9.17) is 29.2 Å². The third kappa shape index (κ3) is 78.4. The molecule has 676 valence electrons. The molecule has 20 nitrogen and oxygen atoms in total. The van der Waals surface area contributed by atoms with Gasteiger partial charge in [-0.1, -0.05) is 302 Å². The third-order valence-electron chi connectivity index (χ3n) is 21.5. The Balaban J connectivity index is 0. The normalized spacial score (nSPS) is 12.9. The molecular formula is C96H174N2O18. The molecule has 116 heavy (non-hydrogen) atoms. The van der Waals surface area contributed by atoms with Crippen LogP contribution < -0.4 is 10.6 Å². The predicted octanol–water partition coefficient (Wildman–Crippen LogP) is 22.4. The molecule has 0 heterocycles. The molecule has 20 heteroatoms. The molecular weight excluding hydrogens is 1470 g/mol. The standard InChI is InChI=1S/2C48H87NO9/c1-5-7-9-11-13-15-17-19-21-23-25-27-29-31-33-35-43(51)56-39-42(40-57-44(52)37-38-49-47(55)46(54)48(3,4)41-50)58-45(53)36-34-32-30-28-26-24-22-20-18-16-14-12-10-8-6-2;1-48(2,41-50)46(56)47(57)49-39-38-45(55)58-40-42(35-31-27-23-19-15-11-7-5-9-13-17-21-25-29-33-37-44(53)54)34-30-26-22-18-14-10-6-3-4-8-12-16-20-24-28-32-36-43(51)52/h19-22,42,46,50,54H,5-18,23-41H2,1-4H3,(H,49,55);4-5,8-9,42,46,50,56H,3,6-7,10-41H2,1-2H3,(H,49,57)(H,51,52)(H,53,54)/b21-19-,22-20-;8-4-,9-5-. The topological polar surface area (TPSA) is 319 Å². The zero-order valence-corrected chi connectivity index (χ0v) is 74.6. The molecule has 0 aromatic rings. The molecule has 0 aliphatic carbocycles. The van der Waals surface area contributed by atoms with Crippen LogP contribution in [0.15, 0.2) is 48.6 Å². The van der Waals surface area contributed by atoms with Crippen LogP contribution in [0.5, 0.6) is 0 Å². The third-order valence-corrected chi connectivity index (χ3v) is 21.5. The monoisotopic (exact) mass is 1640 g/mol. The Hall–Kier alpha value is -5.44. The predicted molar refractivity (Wildman–Crippen MR) is 471 cm³/mol. The second-order valence-electron chi connectivity index (χ2n) is 34.0. The van der Waals surface area contributed by atoms with E-state index in [0.717, 1.165) is 161 Å². The molecule has 0 spiro atoms. The highest BCUT2D eigenvalue weighted by atomic mass is 16.6. The first-order valence-electron chi connectivity index (χ1n) is 46.9. The van der Waals surface area contributed by atoms with Gasteiger partial charge in [0.1, 0.15) is 25.4 Å². The summed E-state index contributed by atoms with van der Waals surface area (Å²) in [5.41, 5.74) is -2.00. The molecule has 0 aliphatic heterocycles. The van der Waals surface area contributed by atoms with Crippen molar-refractivity contribution >= 4 is 47.6 Å². The van der Waals surface area contributed by atoms with Crippen molar-refractivity contribution in [1.29, 1.82) is 0 Å². The largest absolute Gasteiger partial charge is 0.481 e. The average Bonchev–Trinajstić information content (AvgIpc) is 0.874. The van der Waals surface area contributed by atoms with Gasteiger partial charge >= 0.3 is 35.8 Å². The van der Waals surface area contributed by atoms with E-state index in [1.807, 2.05) is 0 Å². The molecule has 4 unspecified atom stereocenters. The van der Waals surface area contributed by atoms with Crippen molar-refractivity contribution in [3.8, 4) is 0 Å². The molecule has 0 bridgehead atoms. The van der Waals surface area contributed by atoms with Crippen molar-refractivity contribution in [3.63, 3.8) is 0 Å². The van der Waals surface area contributed by atoms with Crippen molar-refractivity contribution in [2.75, 3.05) is 46.1 Å². The molecule has 0 saturated heterocycles. The second kappa shape index (κ2) is 83.2. The number of ether oxygens (including phenoxy) is 4. The zero-order chi connectivity index (χ0) is 85.9. The number of amides is 2. The Morgan fingerprint density at radius 1 is 0.302 bits per heavy atom. The highest BCUT2D eigenvalue weighted by Gasteiger charge is 2.34. The zero-order valence-electron chi connectivity index (χ0n) is 74.6. The number of aliphatic hydroxyl groups excluding tert-OH is 4. The maximum Gasteiger partial charge on any atom is 0.307 e. The summed E-state index contributed by atoms with van der Waals surface area (Å²) in [6.07, 6.45) is 79.0. The Bertz CT molecular complexity index is 2480. The van der Waals surface area contributed by atoms with Crippen LogP contribution in [0.3, 0.4) is 0 Å². The summed E-state index contributed by atoms with van der Waals surface area (Å²) in [6, 6.07) is 0. The van der Waals surface area contributed by atoms with Crippen molar-refractivity contribution in [2.24, 2.45) is 16.7 Å². The van der Waals surface area contributed by atoms with Crippen molar-refractivity contribution < 1.29 is 87.9 Å². The van der Waals surface area contributed by atoms with E-state index >= 15 is 0 Å². The van der Waals surface area contributed by atoms with Gasteiger partial charge in [0.05, 0.1) is 32.7 Å². The number of carboxylic acid groups (broad SMARTS) is 2. The Morgan fingerprint density at radius 2 is 0.534 bits per heavy atom. The summed E-state index contributed by atoms with van der Waals surface area (Å²) in [5.74, 6) is -4.15. The fourth-order valence-electron chi connectivity index (χ4n) is 13.4. The lowest BCUT2D eigenvalue weighted by molar-refractivity contribution is -0.167. The number of nitrogens with one attached hydrogen (secondary N) is 2. The number of esters is 4. The van der Waals surface area contributed by atoms with Crippen LogP contribution in [0.2, 0.25) is 0 Å². The number of carbonyl (C=O) groups excluding carboxylic acids is 6. The highest BCUT2D eigenvalue weighted by molar-refractivity contribution is 5.82. The molecule has 0 rings (SSSR count). The number of rotatable bonds is 84. The van der Waals surface area contributed by atoms with Crippen molar-refractivity contribution in [3.05, 3.63) is 48.6 Å². The number of aliphatic hydroxyl groups is 4. The Morgan fingerprint density at radius 3 is 0.810 bits per heavy atom. The first-order chi connectivity index (χ1) is 56.1. The number of carboxylic acids is 2. The Kier molecular flexibility index (Phi) is 80.8. The SMILES string of the molecule is CC(C)(CO)C(O)C(=O)NCCC(=O)OCC(CCCCCCCC/C=C\CCCCCCCC(=O)O)CCCCCCCCC/C=C\CCCCCCCC(=O)O.CCCCCCCC/C=C\CCCCCCCC(=O)OCC(COC(=O)CCNC(=O)C(O)C(C)(C)CO)OC(=O)CCCCCCC/C=C\CCCCCCCC. The number of unbranched alkanes of at least 4 members (excludes halogenated alkanes) is 45. The maximum absolute atomic E-state index is 12.7. The minimum atomic E-state index is -1.44. The number of hydrogen-bond acceptors (Lipinski definition) is 16. The van der Waals surface area contributed by atoms with E-state index in [0.29, 0.717) is 18.9 Å². The van der Waals surface area contributed by atoms with E-state index in [1.54, 1.807) is 27.7 Å². The van der Waals surface area contributed by atoms with E-state index in [-0.39, 0.29) is 90.0 Å². The molecule has 0 fully saturated rings. The van der Waals surface area contributed by atoms with Crippen LogP contribution >= 0.6 is 0 Å². The molecule has 0 aromatic heterocycles. The number of hydrogen-bond donors (Lipinski definition) is 8. The maximum atomic E-state index is 12.7. The number of aliphatic carboxylic acids is 2. The van der Waals surface area contributed by atoms with Gasteiger partial charge in [-0.15, -0.1) is 0 Å². The molecule has 0 saturated carbocycles. The van der Waals surface area contributed by atoms with Crippen LogP contribution in [-0.2, 0) is 57.3 Å². The van der Waals surface area contributed by atoms with Gasteiger partial charge in [-0.2, -0.15) is 0 Å². The summed E-state index contributed by atoms with van der Waals surface area (Å²) in [6.45, 7) is 10.0. The van der Waals surface area contributed by atoms with E-state index < -0.39 is 64.8 Å². The minimum Gasteiger partial charge on any atom is -0.481 e. The van der Waals surface area contributed by atoms with Crippen LogP contribution in [0.25, 0.3) is 0 Å². The lowest BCUT2D eigenvalue weighted by Crippen LogP contribution is -2.46. The molecule has 0 aromatic carbocycles. The molecule has 0 radical (unpaired) electrons. The number of allylic oxidation sites excluding steroid dienone is 8. The lowest BCUT2D eigenvalue weighted by Gasteiger charge is -2.27. The highest BCUT2D eigenvalue weighted by Crippen LogP contribution is 2.24. The van der Waals surface area contributed by atoms with Gasteiger partial charge in [0.25, 0.3) is 0 Å². The van der Waals surface area contributed by atoms with Crippen LogP contribution in [-0.4, -0.2) is 143 Å². The molecule has 4 atom stereocenters. The van der Waals surface area contributed by atoms with Gasteiger partial charge in [0.2, 0.25) is 11.8 Å². The molecule has 8 N–H and O–H groups in total. The summed E-state index contributed by atoms with van der Waals surface area (Å²) in [4.78, 5) is 95.8. The van der Waals surface area contributed by atoms with Crippen LogP contribution in [0.4, 0.5) is 0 Å². The summed E-state index contributed by atoms with van der Waals surface area (Å²) >= 11 is 0. The van der Waals surface area contributed by atoms with Gasteiger partial charge in [-0.05, 0) is 147 Å². The smallest absolute Gasteiger partial charge is 0.307 e. The Labute approximate surface area is 705 Å². The van der Waals surface area contributed by atoms with Gasteiger partial charge < -0.3 is 60.2 Å². The lowest BCUT2D eigenvalue weighted by atomic mass is 9.87. The van der Waals surface area contributed by atoms with E-state index in [9.17, 15) is 58.8 Å².